The van der Waals surface area contributed by atoms with Gasteiger partial charge in [0.05, 0.1) is 5.69 Å². The van der Waals surface area contributed by atoms with E-state index < -0.39 is 0 Å². The maximum absolute atomic E-state index is 12.8. The van der Waals surface area contributed by atoms with E-state index in [0.717, 1.165) is 54.6 Å². The summed E-state index contributed by atoms with van der Waals surface area (Å²) in [6, 6.07) is 15.8. The Morgan fingerprint density at radius 1 is 1.07 bits per heavy atom. The largest absolute Gasteiger partial charge is 0.399 e. The van der Waals surface area contributed by atoms with Gasteiger partial charge in [-0.1, -0.05) is 36.4 Å². The zero-order valence-electron chi connectivity index (χ0n) is 16.8. The first kappa shape index (κ1) is 24.2. The lowest BCUT2D eigenvalue weighted by atomic mass is 10.1. The summed E-state index contributed by atoms with van der Waals surface area (Å²) in [6.45, 7) is 5.93. The molecule has 4 rings (SSSR count). The molecule has 5 nitrogen and oxygen atoms in total. The van der Waals surface area contributed by atoms with Crippen LogP contribution in [0.4, 0.5) is 5.69 Å². The first-order chi connectivity index (χ1) is 13.6. The number of anilines is 1. The second kappa shape index (κ2) is 10.8. The number of nitrogens with zero attached hydrogens (tertiary/aromatic N) is 3. The second-order valence-electron chi connectivity index (χ2n) is 7.15. The van der Waals surface area contributed by atoms with Gasteiger partial charge < -0.3 is 10.6 Å². The number of carbonyl (C=O) groups excluding carboxylic acids is 1. The minimum atomic E-state index is 0. The Morgan fingerprint density at radius 2 is 1.77 bits per heavy atom. The van der Waals surface area contributed by atoms with Crippen LogP contribution < -0.4 is 5.73 Å². The van der Waals surface area contributed by atoms with Crippen molar-refractivity contribution >= 4 is 47.7 Å². The van der Waals surface area contributed by atoms with Crippen LogP contribution in [-0.4, -0.2) is 46.9 Å². The number of hydrogen-bond acceptors (Lipinski definition) is 5. The molecule has 1 fully saturated rings. The SMILES string of the molecule is Cc1ccc(N)cc1C(=O)N1CCN(Cc2csc(-c3ccccc3)n2)CC1.Cl.Cl. The van der Waals surface area contributed by atoms with Gasteiger partial charge in [-0.3, -0.25) is 9.69 Å². The number of thiazole rings is 1. The van der Waals surface area contributed by atoms with E-state index in [1.807, 2.05) is 42.2 Å². The van der Waals surface area contributed by atoms with Crippen LogP contribution in [0.3, 0.4) is 0 Å². The van der Waals surface area contributed by atoms with Gasteiger partial charge >= 0.3 is 0 Å². The molecule has 2 N–H and O–H groups in total. The van der Waals surface area contributed by atoms with Crippen molar-refractivity contribution in [3.63, 3.8) is 0 Å². The van der Waals surface area contributed by atoms with Crippen molar-refractivity contribution in [3.8, 4) is 10.6 Å². The fourth-order valence-corrected chi connectivity index (χ4v) is 4.29. The fourth-order valence-electron chi connectivity index (χ4n) is 3.47. The van der Waals surface area contributed by atoms with Gasteiger partial charge in [0.2, 0.25) is 0 Å². The zero-order chi connectivity index (χ0) is 19.5. The number of halogens is 2. The van der Waals surface area contributed by atoms with Crippen molar-refractivity contribution in [2.45, 2.75) is 13.5 Å². The van der Waals surface area contributed by atoms with Crippen LogP contribution in [0, 0.1) is 6.92 Å². The van der Waals surface area contributed by atoms with E-state index in [-0.39, 0.29) is 30.7 Å². The van der Waals surface area contributed by atoms with Crippen molar-refractivity contribution in [2.24, 2.45) is 0 Å². The normalized spacial score (nSPS) is 14.0. The van der Waals surface area contributed by atoms with Gasteiger partial charge in [0, 0.05) is 54.9 Å². The molecule has 1 aromatic heterocycles. The van der Waals surface area contributed by atoms with E-state index in [1.165, 1.54) is 0 Å². The quantitative estimate of drug-likeness (QED) is 0.577. The average Bonchev–Trinajstić information content (AvgIpc) is 3.19. The van der Waals surface area contributed by atoms with E-state index >= 15 is 0 Å². The van der Waals surface area contributed by atoms with Gasteiger partial charge in [0.25, 0.3) is 5.91 Å². The number of amides is 1. The van der Waals surface area contributed by atoms with Gasteiger partial charge in [0.1, 0.15) is 5.01 Å². The summed E-state index contributed by atoms with van der Waals surface area (Å²) in [5.74, 6) is 0.0736. The highest BCUT2D eigenvalue weighted by molar-refractivity contribution is 7.13. The Kier molecular flexibility index (Phi) is 8.67. The molecular weight excluding hydrogens is 439 g/mol. The molecule has 160 valence electrons. The summed E-state index contributed by atoms with van der Waals surface area (Å²) in [5, 5.41) is 3.19. The fraction of sp³-hybridized carbons (Fsp3) is 0.273. The summed E-state index contributed by atoms with van der Waals surface area (Å²) in [7, 11) is 0. The van der Waals surface area contributed by atoms with Gasteiger partial charge in [-0.15, -0.1) is 36.2 Å². The third kappa shape index (κ3) is 5.52. The molecule has 8 heteroatoms. The Hall–Kier alpha value is -2.12. The molecule has 1 aliphatic rings. The summed E-state index contributed by atoms with van der Waals surface area (Å²) in [5.41, 5.74) is 10.4. The molecule has 0 atom stereocenters. The zero-order valence-corrected chi connectivity index (χ0v) is 19.2. The Labute approximate surface area is 193 Å². The summed E-state index contributed by atoms with van der Waals surface area (Å²) >= 11 is 1.68. The Bertz CT molecular complexity index is 972. The summed E-state index contributed by atoms with van der Waals surface area (Å²) < 4.78 is 0. The standard InChI is InChI=1S/C22H24N4OS.2ClH/c1-16-7-8-18(23)13-20(16)22(27)26-11-9-25(10-12-26)14-19-15-28-21(24-19)17-5-3-2-4-6-17;;/h2-8,13,15H,9-12,14,23H2,1H3;2*1H. The number of rotatable bonds is 4. The molecule has 3 aromatic rings. The van der Waals surface area contributed by atoms with E-state index in [0.29, 0.717) is 11.3 Å². The van der Waals surface area contributed by atoms with Crippen LogP contribution in [0.25, 0.3) is 10.6 Å². The number of nitrogens with two attached hydrogens (primary N) is 1. The molecule has 0 spiro atoms. The highest BCUT2D eigenvalue weighted by Crippen LogP contribution is 2.24. The maximum atomic E-state index is 12.8. The van der Waals surface area contributed by atoms with Crippen LogP contribution in [-0.2, 0) is 6.54 Å². The molecule has 0 unspecified atom stereocenters. The molecular formula is C22H26Cl2N4OS. The molecule has 0 saturated carbocycles. The molecule has 2 heterocycles. The minimum Gasteiger partial charge on any atom is -0.399 e. The molecule has 1 saturated heterocycles. The van der Waals surface area contributed by atoms with Gasteiger partial charge in [0.15, 0.2) is 0 Å². The number of nitrogen functional groups attached to an aromatic ring is 1. The number of aromatic nitrogens is 1. The Morgan fingerprint density at radius 3 is 2.47 bits per heavy atom. The molecule has 1 amide bonds. The first-order valence-corrected chi connectivity index (χ1v) is 10.4. The number of piperazine rings is 1. The number of aryl methyl sites for hydroxylation is 1. The van der Waals surface area contributed by atoms with E-state index in [4.69, 9.17) is 10.7 Å². The lowest BCUT2D eigenvalue weighted by Gasteiger charge is -2.34. The lowest BCUT2D eigenvalue weighted by Crippen LogP contribution is -2.48. The highest BCUT2D eigenvalue weighted by atomic mass is 35.5. The smallest absolute Gasteiger partial charge is 0.254 e. The highest BCUT2D eigenvalue weighted by Gasteiger charge is 2.23. The summed E-state index contributed by atoms with van der Waals surface area (Å²) in [6.07, 6.45) is 0. The van der Waals surface area contributed by atoms with E-state index in [9.17, 15) is 4.79 Å². The Balaban J connectivity index is 0.00000160. The molecule has 0 aliphatic carbocycles. The lowest BCUT2D eigenvalue weighted by molar-refractivity contribution is 0.0626. The monoisotopic (exact) mass is 464 g/mol. The number of carbonyl (C=O) groups is 1. The molecule has 0 radical (unpaired) electrons. The van der Waals surface area contributed by atoms with Crippen molar-refractivity contribution in [1.82, 2.24) is 14.8 Å². The average molecular weight is 465 g/mol. The van der Waals surface area contributed by atoms with E-state index in [2.05, 4.69) is 22.4 Å². The van der Waals surface area contributed by atoms with Crippen molar-refractivity contribution < 1.29 is 4.79 Å². The van der Waals surface area contributed by atoms with Crippen LogP contribution >= 0.6 is 36.2 Å². The topological polar surface area (TPSA) is 62.5 Å². The second-order valence-corrected chi connectivity index (χ2v) is 8.01. The van der Waals surface area contributed by atoms with Crippen LogP contribution in [0.1, 0.15) is 21.6 Å². The van der Waals surface area contributed by atoms with Gasteiger partial charge in [-0.25, -0.2) is 4.98 Å². The molecule has 1 aliphatic heterocycles. The minimum absolute atomic E-state index is 0. The van der Waals surface area contributed by atoms with Crippen molar-refractivity contribution in [1.29, 1.82) is 0 Å². The van der Waals surface area contributed by atoms with E-state index in [1.54, 1.807) is 17.4 Å². The predicted molar refractivity (Wildman–Crippen MR) is 129 cm³/mol. The van der Waals surface area contributed by atoms with Crippen LogP contribution in [0.2, 0.25) is 0 Å². The van der Waals surface area contributed by atoms with Crippen molar-refractivity contribution in [2.75, 3.05) is 31.9 Å². The van der Waals surface area contributed by atoms with Gasteiger partial charge in [-0.05, 0) is 24.6 Å². The van der Waals surface area contributed by atoms with Crippen molar-refractivity contribution in [3.05, 3.63) is 70.7 Å². The third-order valence-electron chi connectivity index (χ3n) is 5.11. The maximum Gasteiger partial charge on any atom is 0.254 e. The number of benzene rings is 2. The molecule has 30 heavy (non-hydrogen) atoms. The van der Waals surface area contributed by atoms with Crippen LogP contribution in [0.15, 0.2) is 53.9 Å². The first-order valence-electron chi connectivity index (χ1n) is 9.48. The molecule has 0 bridgehead atoms. The molecule has 2 aromatic carbocycles. The number of hydrogen-bond donors (Lipinski definition) is 1. The van der Waals surface area contributed by atoms with Crippen LogP contribution in [0.5, 0.6) is 0 Å². The predicted octanol–water partition coefficient (Wildman–Crippen LogP) is 4.50. The van der Waals surface area contributed by atoms with Gasteiger partial charge in [-0.2, -0.15) is 0 Å². The third-order valence-corrected chi connectivity index (χ3v) is 6.05. The summed E-state index contributed by atoms with van der Waals surface area (Å²) in [4.78, 5) is 21.9.